The quantitative estimate of drug-likeness (QED) is 0.385. The Kier molecular flexibility index (Phi) is 9.75. The third-order valence-corrected chi connectivity index (χ3v) is 9.07. The van der Waals surface area contributed by atoms with E-state index in [0.29, 0.717) is 36.8 Å². The standard InChI is InChI=1S/C28H29Cl2N3O7S/c1-32-10-12-33(13-11-32)22(34)14-20-24(27(35)36)26(23-18(29)4-3-5-19(23)30)25(28(37)38)21(31-20)15-41(39)17-8-6-16(40-2)7-9-17/h3-9,26,31H,10-15H2,1-2H3,(H,35,36)(H,37,38). The second-order valence-electron chi connectivity index (χ2n) is 9.61. The van der Waals surface area contributed by atoms with Gasteiger partial charge < -0.3 is 30.1 Å². The number of carbonyl (C=O) groups excluding carboxylic acids is 1. The van der Waals surface area contributed by atoms with Crippen molar-refractivity contribution < 1.29 is 33.5 Å². The smallest absolute Gasteiger partial charge is 0.334 e. The van der Waals surface area contributed by atoms with Crippen LogP contribution in [-0.2, 0) is 25.2 Å². The van der Waals surface area contributed by atoms with Crippen molar-refractivity contribution in [2.75, 3.05) is 46.1 Å². The number of carboxylic acid groups (broad SMARTS) is 2. The molecule has 0 radical (unpaired) electrons. The van der Waals surface area contributed by atoms with Crippen LogP contribution in [-0.4, -0.2) is 88.2 Å². The molecule has 41 heavy (non-hydrogen) atoms. The zero-order valence-corrected chi connectivity index (χ0v) is 24.7. The Bertz CT molecular complexity index is 1430. The fourth-order valence-corrected chi connectivity index (χ4v) is 6.62. The van der Waals surface area contributed by atoms with Crippen molar-refractivity contribution in [3.63, 3.8) is 0 Å². The summed E-state index contributed by atoms with van der Waals surface area (Å²) in [6, 6.07) is 11.0. The van der Waals surface area contributed by atoms with Crippen LogP contribution in [0.25, 0.3) is 0 Å². The van der Waals surface area contributed by atoms with Crippen molar-refractivity contribution in [3.8, 4) is 5.75 Å². The summed E-state index contributed by atoms with van der Waals surface area (Å²) in [6.07, 6.45) is -0.338. The number of hydrogen-bond donors (Lipinski definition) is 3. The molecular weight excluding hydrogens is 593 g/mol. The first-order chi connectivity index (χ1) is 19.5. The highest BCUT2D eigenvalue weighted by molar-refractivity contribution is 7.85. The molecule has 0 aromatic heterocycles. The molecule has 1 saturated heterocycles. The molecule has 1 amide bonds. The van der Waals surface area contributed by atoms with Crippen LogP contribution < -0.4 is 10.1 Å². The maximum Gasteiger partial charge on any atom is 0.334 e. The number of halogens is 2. The minimum absolute atomic E-state index is 0.00110. The van der Waals surface area contributed by atoms with Gasteiger partial charge in [-0.15, -0.1) is 0 Å². The third kappa shape index (κ3) is 6.75. The van der Waals surface area contributed by atoms with Crippen LogP contribution in [0.15, 0.2) is 69.9 Å². The van der Waals surface area contributed by atoms with Crippen LogP contribution in [0.4, 0.5) is 0 Å². The third-order valence-electron chi connectivity index (χ3n) is 7.06. The number of piperazine rings is 1. The Hall–Kier alpha value is -3.38. The summed E-state index contributed by atoms with van der Waals surface area (Å²) in [5.74, 6) is -4.38. The molecule has 13 heteroatoms. The molecule has 2 unspecified atom stereocenters. The summed E-state index contributed by atoms with van der Waals surface area (Å²) in [5.41, 5.74) is -0.661. The number of carbonyl (C=O) groups is 3. The first kappa shape index (κ1) is 30.6. The van der Waals surface area contributed by atoms with Gasteiger partial charge in [0.1, 0.15) is 5.75 Å². The molecule has 0 saturated carbocycles. The number of nitrogens with zero attached hydrogens (tertiary/aromatic N) is 2. The average molecular weight is 623 g/mol. The molecule has 0 spiro atoms. The van der Waals surface area contributed by atoms with Crippen molar-refractivity contribution in [3.05, 3.63) is 80.6 Å². The zero-order valence-electron chi connectivity index (χ0n) is 22.4. The molecule has 2 aromatic rings. The number of ether oxygens (including phenoxy) is 1. The fourth-order valence-electron chi connectivity index (χ4n) is 4.90. The van der Waals surface area contributed by atoms with E-state index in [1.165, 1.54) is 19.2 Å². The van der Waals surface area contributed by atoms with Crippen molar-refractivity contribution >= 4 is 51.8 Å². The van der Waals surface area contributed by atoms with Gasteiger partial charge in [0.15, 0.2) is 0 Å². The molecule has 0 aliphatic carbocycles. The number of aliphatic carboxylic acids is 2. The minimum atomic E-state index is -1.74. The monoisotopic (exact) mass is 621 g/mol. The maximum atomic E-state index is 13.4. The SMILES string of the molecule is COc1ccc(S(=O)CC2=C(C(=O)O)C(c3c(Cl)cccc3Cl)C(C(=O)O)=C(CC(=O)N3CCN(C)CC3)N2)cc1. The second-order valence-corrected chi connectivity index (χ2v) is 11.9. The summed E-state index contributed by atoms with van der Waals surface area (Å²) in [6.45, 7) is 2.26. The van der Waals surface area contributed by atoms with Crippen LogP contribution in [0, 0.1) is 0 Å². The number of dihydropyridines is 1. The van der Waals surface area contributed by atoms with E-state index in [-0.39, 0.29) is 56.2 Å². The second kappa shape index (κ2) is 13.1. The minimum Gasteiger partial charge on any atom is -0.497 e. The maximum absolute atomic E-state index is 13.4. The van der Waals surface area contributed by atoms with Gasteiger partial charge in [0.25, 0.3) is 0 Å². The lowest BCUT2D eigenvalue weighted by Crippen LogP contribution is -2.47. The number of hydrogen-bond acceptors (Lipinski definition) is 7. The fraction of sp³-hybridized carbons (Fsp3) is 0.321. The molecule has 0 bridgehead atoms. The molecule has 4 rings (SSSR count). The average Bonchev–Trinajstić information content (AvgIpc) is 2.92. The number of likely N-dealkylation sites (N-methyl/N-ethyl adjacent to an activating group) is 1. The predicted molar refractivity (Wildman–Crippen MR) is 155 cm³/mol. The van der Waals surface area contributed by atoms with E-state index in [0.717, 1.165) is 0 Å². The number of benzene rings is 2. The van der Waals surface area contributed by atoms with Crippen LogP contribution in [0.2, 0.25) is 10.0 Å². The molecule has 2 heterocycles. The molecule has 2 atom stereocenters. The van der Waals surface area contributed by atoms with E-state index in [2.05, 4.69) is 10.2 Å². The highest BCUT2D eigenvalue weighted by Gasteiger charge is 2.41. The summed E-state index contributed by atoms with van der Waals surface area (Å²) in [7, 11) is 1.70. The van der Waals surface area contributed by atoms with Gasteiger partial charge >= 0.3 is 11.9 Å². The van der Waals surface area contributed by atoms with Gasteiger partial charge in [-0.05, 0) is 43.4 Å². The van der Waals surface area contributed by atoms with E-state index < -0.39 is 28.7 Å². The van der Waals surface area contributed by atoms with E-state index >= 15 is 0 Å². The van der Waals surface area contributed by atoms with Crippen molar-refractivity contribution in [2.24, 2.45) is 0 Å². The van der Waals surface area contributed by atoms with Crippen molar-refractivity contribution in [2.45, 2.75) is 17.2 Å². The molecule has 218 valence electrons. The van der Waals surface area contributed by atoms with Gasteiger partial charge in [-0.25, -0.2) is 9.59 Å². The summed E-state index contributed by atoms with van der Waals surface area (Å²) >= 11 is 13.0. The highest BCUT2D eigenvalue weighted by atomic mass is 35.5. The highest BCUT2D eigenvalue weighted by Crippen LogP contribution is 2.45. The summed E-state index contributed by atoms with van der Waals surface area (Å²) in [4.78, 5) is 42.9. The zero-order chi connectivity index (χ0) is 29.8. The van der Waals surface area contributed by atoms with Gasteiger partial charge in [0, 0.05) is 58.1 Å². The summed E-state index contributed by atoms with van der Waals surface area (Å²) < 4.78 is 18.6. The van der Waals surface area contributed by atoms with Crippen molar-refractivity contribution in [1.82, 2.24) is 15.1 Å². The lowest BCUT2D eigenvalue weighted by Gasteiger charge is -2.35. The van der Waals surface area contributed by atoms with Gasteiger partial charge in [-0.2, -0.15) is 0 Å². The molecule has 2 aromatic carbocycles. The van der Waals surface area contributed by atoms with E-state index in [9.17, 15) is 28.8 Å². The molecule has 2 aliphatic rings. The molecule has 2 aliphatic heterocycles. The Morgan fingerprint density at radius 1 is 0.951 bits per heavy atom. The lowest BCUT2D eigenvalue weighted by atomic mass is 9.79. The molecule has 10 nitrogen and oxygen atoms in total. The Morgan fingerprint density at radius 2 is 1.51 bits per heavy atom. The van der Waals surface area contributed by atoms with Crippen LogP contribution in [0.3, 0.4) is 0 Å². The van der Waals surface area contributed by atoms with Gasteiger partial charge in [0.2, 0.25) is 5.91 Å². The molecular formula is C28H29Cl2N3O7S. The Balaban J connectivity index is 1.83. The molecule has 1 fully saturated rings. The van der Waals surface area contributed by atoms with Crippen LogP contribution in [0.5, 0.6) is 5.75 Å². The predicted octanol–water partition coefficient (Wildman–Crippen LogP) is 3.34. The van der Waals surface area contributed by atoms with Crippen LogP contribution in [0.1, 0.15) is 17.9 Å². The number of nitrogens with one attached hydrogen (secondary N) is 1. The number of carboxylic acids is 2. The number of amides is 1. The summed E-state index contributed by atoms with van der Waals surface area (Å²) in [5, 5.41) is 23.8. The normalized spacial score (nSPS) is 18.6. The first-order valence-corrected chi connectivity index (χ1v) is 14.7. The number of rotatable bonds is 9. The van der Waals surface area contributed by atoms with Gasteiger partial charge in [0.05, 0.1) is 47.1 Å². The Labute approximate surface area is 249 Å². The van der Waals surface area contributed by atoms with Crippen molar-refractivity contribution in [1.29, 1.82) is 0 Å². The largest absolute Gasteiger partial charge is 0.497 e. The van der Waals surface area contributed by atoms with E-state index in [4.69, 9.17) is 27.9 Å². The Morgan fingerprint density at radius 3 is 2.05 bits per heavy atom. The van der Waals surface area contributed by atoms with E-state index in [1.54, 1.807) is 35.2 Å². The van der Waals surface area contributed by atoms with E-state index in [1.807, 2.05) is 7.05 Å². The van der Waals surface area contributed by atoms with Crippen LogP contribution >= 0.6 is 23.2 Å². The van der Waals surface area contributed by atoms with Gasteiger partial charge in [-0.1, -0.05) is 29.3 Å². The lowest BCUT2D eigenvalue weighted by molar-refractivity contribution is -0.133. The molecule has 3 N–H and O–H groups in total. The van der Waals surface area contributed by atoms with Gasteiger partial charge in [-0.3, -0.25) is 9.00 Å². The number of methoxy groups -OCH3 is 1. The first-order valence-electron chi connectivity index (χ1n) is 12.6. The topological polar surface area (TPSA) is 136 Å².